The summed E-state index contributed by atoms with van der Waals surface area (Å²) in [5.41, 5.74) is 0.527. The Balaban J connectivity index is 1.83. The molecule has 5 nitrogen and oxygen atoms in total. The molecule has 136 valence electrons. The van der Waals surface area contributed by atoms with Crippen LogP contribution in [0.25, 0.3) is 10.2 Å². The number of rotatable bonds is 4. The molecule has 0 bridgehead atoms. The van der Waals surface area contributed by atoms with Gasteiger partial charge in [-0.2, -0.15) is 8.78 Å². The molecule has 26 heavy (non-hydrogen) atoms. The van der Waals surface area contributed by atoms with Crippen LogP contribution in [-0.4, -0.2) is 25.1 Å². The number of hydrogen-bond acceptors (Lipinski definition) is 5. The second-order valence-electron chi connectivity index (χ2n) is 5.01. The number of nitrogens with one attached hydrogen (secondary N) is 1. The maximum absolute atomic E-state index is 12.5. The number of sulfone groups is 1. The van der Waals surface area contributed by atoms with Crippen LogP contribution in [0.4, 0.5) is 13.9 Å². The summed E-state index contributed by atoms with van der Waals surface area (Å²) >= 11 is 13.1. The zero-order chi connectivity index (χ0) is 19.1. The number of carbonyl (C=O) groups excluding carboxylic acids is 1. The van der Waals surface area contributed by atoms with Crippen molar-refractivity contribution in [3.05, 3.63) is 52.0 Å². The third-order valence-corrected chi connectivity index (χ3v) is 6.48. The maximum Gasteiger partial charge on any atom is 0.341 e. The predicted octanol–water partition coefficient (Wildman–Crippen LogP) is 4.85. The number of hydrogen-bond donors (Lipinski definition) is 1. The van der Waals surface area contributed by atoms with E-state index in [0.29, 0.717) is 15.2 Å². The van der Waals surface area contributed by atoms with Crippen molar-refractivity contribution in [3.8, 4) is 0 Å². The zero-order valence-electron chi connectivity index (χ0n) is 12.5. The molecular weight excluding hydrogens is 429 g/mol. The van der Waals surface area contributed by atoms with Gasteiger partial charge in [-0.3, -0.25) is 10.1 Å². The summed E-state index contributed by atoms with van der Waals surface area (Å²) in [5.74, 6) is -4.10. The van der Waals surface area contributed by atoms with E-state index in [9.17, 15) is 22.0 Å². The van der Waals surface area contributed by atoms with Gasteiger partial charge in [0, 0.05) is 5.56 Å². The van der Waals surface area contributed by atoms with Crippen molar-refractivity contribution in [3.63, 3.8) is 0 Å². The third kappa shape index (κ3) is 3.52. The Bertz CT molecular complexity index is 1100. The van der Waals surface area contributed by atoms with Gasteiger partial charge in [-0.25, -0.2) is 13.4 Å². The van der Waals surface area contributed by atoms with Crippen LogP contribution in [0.15, 0.2) is 41.3 Å². The van der Waals surface area contributed by atoms with Gasteiger partial charge >= 0.3 is 5.76 Å². The fourth-order valence-corrected chi connectivity index (χ4v) is 4.07. The molecule has 3 aromatic rings. The first-order chi connectivity index (χ1) is 12.2. The average Bonchev–Trinajstić information content (AvgIpc) is 3.01. The fourth-order valence-electron chi connectivity index (χ4n) is 2.06. The summed E-state index contributed by atoms with van der Waals surface area (Å²) in [6, 6.07) is 7.50. The summed E-state index contributed by atoms with van der Waals surface area (Å²) in [6.45, 7) is 0. The van der Waals surface area contributed by atoms with Crippen LogP contribution in [0, 0.1) is 0 Å². The molecule has 0 unspecified atom stereocenters. The second kappa shape index (κ2) is 7.07. The minimum Gasteiger partial charge on any atom is -0.298 e. The number of thiazole rings is 1. The molecule has 0 radical (unpaired) electrons. The first-order valence-electron chi connectivity index (χ1n) is 6.88. The van der Waals surface area contributed by atoms with Crippen molar-refractivity contribution >= 4 is 65.6 Å². The molecular formula is C15H8Cl2F2N2O3S2. The van der Waals surface area contributed by atoms with Gasteiger partial charge in [0.05, 0.1) is 19.6 Å². The number of nitrogens with zero attached hydrogens (tertiary/aromatic N) is 1. The highest BCUT2D eigenvalue weighted by molar-refractivity contribution is 7.91. The number of aromatic nitrogens is 1. The zero-order valence-corrected chi connectivity index (χ0v) is 15.7. The van der Waals surface area contributed by atoms with E-state index < -0.39 is 26.4 Å². The topological polar surface area (TPSA) is 76.1 Å². The Hall–Kier alpha value is -1.81. The molecule has 1 amide bonds. The van der Waals surface area contributed by atoms with Crippen molar-refractivity contribution in [2.45, 2.75) is 10.7 Å². The SMILES string of the molecule is O=C(Nc1nc2c(Cl)c(Cl)ccc2s1)c1ccc(S(=O)(=O)C(F)F)cc1. The van der Waals surface area contributed by atoms with E-state index in [2.05, 4.69) is 10.3 Å². The summed E-state index contributed by atoms with van der Waals surface area (Å²) in [4.78, 5) is 15.9. The lowest BCUT2D eigenvalue weighted by atomic mass is 10.2. The highest BCUT2D eigenvalue weighted by Crippen LogP contribution is 2.35. The maximum atomic E-state index is 12.5. The standard InChI is InChI=1S/C15H8Cl2F2N2O3S2/c16-9-5-6-10-12(11(9)17)20-15(25-10)21-13(22)7-1-3-8(4-2-7)26(23,24)14(18)19/h1-6,14H,(H,20,21,22). The van der Waals surface area contributed by atoms with Crippen molar-refractivity contribution in [2.24, 2.45) is 0 Å². The number of benzene rings is 2. The molecule has 0 fully saturated rings. The van der Waals surface area contributed by atoms with Gasteiger partial charge in [0.1, 0.15) is 5.52 Å². The first-order valence-corrected chi connectivity index (χ1v) is 10.00. The van der Waals surface area contributed by atoms with E-state index in [0.717, 1.165) is 24.3 Å². The Kier molecular flexibility index (Phi) is 5.16. The molecule has 0 aliphatic rings. The van der Waals surface area contributed by atoms with Gasteiger partial charge in [-0.15, -0.1) is 0 Å². The van der Waals surface area contributed by atoms with Crippen LogP contribution in [0.5, 0.6) is 0 Å². The van der Waals surface area contributed by atoms with Crippen molar-refractivity contribution < 1.29 is 22.0 Å². The van der Waals surface area contributed by atoms with E-state index in [-0.39, 0.29) is 15.7 Å². The van der Waals surface area contributed by atoms with E-state index >= 15 is 0 Å². The molecule has 0 aliphatic carbocycles. The Morgan fingerprint density at radius 2 is 1.77 bits per heavy atom. The van der Waals surface area contributed by atoms with Crippen LogP contribution in [0.3, 0.4) is 0 Å². The van der Waals surface area contributed by atoms with Crippen molar-refractivity contribution in [1.29, 1.82) is 0 Å². The lowest BCUT2D eigenvalue weighted by Gasteiger charge is -2.05. The van der Waals surface area contributed by atoms with Crippen LogP contribution in [0.2, 0.25) is 10.0 Å². The highest BCUT2D eigenvalue weighted by Gasteiger charge is 2.26. The first kappa shape index (κ1) is 19.0. The number of amides is 1. The van der Waals surface area contributed by atoms with E-state index in [4.69, 9.17) is 23.2 Å². The van der Waals surface area contributed by atoms with Crippen LogP contribution in [-0.2, 0) is 9.84 Å². The summed E-state index contributed by atoms with van der Waals surface area (Å²) < 4.78 is 48.5. The second-order valence-corrected chi connectivity index (χ2v) is 8.74. The quantitative estimate of drug-likeness (QED) is 0.633. The number of alkyl halides is 2. The molecule has 1 N–H and O–H groups in total. The van der Waals surface area contributed by atoms with Crippen LogP contribution >= 0.6 is 34.5 Å². The number of fused-ring (bicyclic) bond motifs is 1. The molecule has 3 rings (SSSR count). The lowest BCUT2D eigenvalue weighted by Crippen LogP contribution is -2.14. The number of carbonyl (C=O) groups is 1. The molecule has 11 heteroatoms. The molecule has 0 spiro atoms. The Morgan fingerprint density at radius 3 is 2.38 bits per heavy atom. The van der Waals surface area contributed by atoms with Crippen molar-refractivity contribution in [1.82, 2.24) is 4.98 Å². The fraction of sp³-hybridized carbons (Fsp3) is 0.0667. The molecule has 2 aromatic carbocycles. The van der Waals surface area contributed by atoms with Crippen molar-refractivity contribution in [2.75, 3.05) is 5.32 Å². The van der Waals surface area contributed by atoms with Crippen LogP contribution < -0.4 is 5.32 Å². The normalized spacial score (nSPS) is 11.9. The Labute approximate surface area is 160 Å². The van der Waals surface area contributed by atoms with Gasteiger partial charge in [0.25, 0.3) is 5.91 Å². The molecule has 1 aromatic heterocycles. The van der Waals surface area contributed by atoms with Gasteiger partial charge in [0.15, 0.2) is 5.13 Å². The Morgan fingerprint density at radius 1 is 1.12 bits per heavy atom. The van der Waals surface area contributed by atoms with Crippen LogP contribution in [0.1, 0.15) is 10.4 Å². The minimum atomic E-state index is -4.71. The van der Waals surface area contributed by atoms with E-state index in [1.165, 1.54) is 11.3 Å². The van der Waals surface area contributed by atoms with E-state index in [1.54, 1.807) is 12.1 Å². The monoisotopic (exact) mass is 436 g/mol. The molecule has 0 aliphatic heterocycles. The summed E-state index contributed by atoms with van der Waals surface area (Å²) in [5, 5.41) is 3.40. The smallest absolute Gasteiger partial charge is 0.298 e. The minimum absolute atomic E-state index is 0.0848. The van der Waals surface area contributed by atoms with Gasteiger partial charge in [-0.05, 0) is 36.4 Å². The lowest BCUT2D eigenvalue weighted by molar-refractivity contribution is 0.102. The number of halogens is 4. The highest BCUT2D eigenvalue weighted by atomic mass is 35.5. The molecule has 0 saturated heterocycles. The van der Waals surface area contributed by atoms with Gasteiger partial charge < -0.3 is 0 Å². The summed E-state index contributed by atoms with van der Waals surface area (Å²) in [7, 11) is -4.71. The molecule has 0 saturated carbocycles. The molecule has 1 heterocycles. The predicted molar refractivity (Wildman–Crippen MR) is 97.2 cm³/mol. The molecule has 0 atom stereocenters. The number of anilines is 1. The summed E-state index contributed by atoms with van der Waals surface area (Å²) in [6.07, 6.45) is 0. The van der Waals surface area contributed by atoms with E-state index in [1.807, 2.05) is 0 Å². The average molecular weight is 437 g/mol. The third-order valence-electron chi connectivity index (χ3n) is 3.35. The largest absolute Gasteiger partial charge is 0.341 e. The van der Waals surface area contributed by atoms with Gasteiger partial charge in [-0.1, -0.05) is 34.5 Å². The van der Waals surface area contributed by atoms with Gasteiger partial charge in [0.2, 0.25) is 9.84 Å².